The number of nitrogens with zero attached hydrogens (tertiary/aromatic N) is 2. The molecule has 0 bridgehead atoms. The highest BCUT2D eigenvalue weighted by atomic mass is 16.3. The van der Waals surface area contributed by atoms with E-state index in [4.69, 9.17) is 14.4 Å². The Balaban J connectivity index is 1.09. The Morgan fingerprint density at radius 3 is 1.56 bits per heavy atom. The van der Waals surface area contributed by atoms with Crippen molar-refractivity contribution >= 4 is 86.6 Å². The first kappa shape index (κ1) is 32.2. The third-order valence-corrected chi connectivity index (χ3v) is 12.4. The summed E-state index contributed by atoms with van der Waals surface area (Å²) in [6.07, 6.45) is 0. The highest BCUT2D eigenvalue weighted by molar-refractivity contribution is 6.37. The van der Waals surface area contributed by atoms with E-state index in [1.54, 1.807) is 0 Å². The largest absolute Gasteiger partial charge is 0.455 e. The molecule has 0 saturated carbocycles. The van der Waals surface area contributed by atoms with Crippen molar-refractivity contribution in [2.24, 2.45) is 0 Å². The van der Waals surface area contributed by atoms with Crippen LogP contribution in [0.25, 0.3) is 132 Å². The Morgan fingerprint density at radius 2 is 0.831 bits per heavy atom. The molecule has 0 aliphatic heterocycles. The molecule has 0 unspecified atom stereocenters. The summed E-state index contributed by atoms with van der Waals surface area (Å²) in [7, 11) is 0. The predicted octanol–water partition coefficient (Wildman–Crippen LogP) is 15.4. The van der Waals surface area contributed by atoms with E-state index in [1.165, 1.54) is 64.6 Å². The average Bonchev–Trinajstić information content (AvgIpc) is 3.69. The van der Waals surface area contributed by atoms with Crippen LogP contribution in [0.5, 0.6) is 0 Å². The summed E-state index contributed by atoms with van der Waals surface area (Å²) < 4.78 is 6.47. The Hall–Kier alpha value is -7.88. The predicted molar refractivity (Wildman–Crippen MR) is 247 cm³/mol. The number of fused-ring (bicyclic) bond motifs is 5. The quantitative estimate of drug-likeness (QED) is 0.168. The summed E-state index contributed by atoms with van der Waals surface area (Å²) in [5.74, 6) is 0.687. The summed E-state index contributed by atoms with van der Waals surface area (Å²) in [4.78, 5) is 10.6. The molecule has 13 rings (SSSR count). The summed E-state index contributed by atoms with van der Waals surface area (Å²) in [6.45, 7) is 0. The fourth-order valence-corrected chi connectivity index (χ4v) is 9.71. The summed E-state index contributed by atoms with van der Waals surface area (Å²) in [5, 5.41) is 17.3. The van der Waals surface area contributed by atoms with Crippen molar-refractivity contribution in [2.75, 3.05) is 0 Å². The lowest BCUT2D eigenvalue weighted by atomic mass is 9.87. The molecule has 272 valence electrons. The van der Waals surface area contributed by atoms with Gasteiger partial charge < -0.3 is 4.42 Å². The first-order chi connectivity index (χ1) is 29.2. The van der Waals surface area contributed by atoms with Crippen LogP contribution in [0, 0.1) is 0 Å². The molecule has 2 aromatic heterocycles. The van der Waals surface area contributed by atoms with E-state index >= 15 is 0 Å². The number of furan rings is 1. The van der Waals surface area contributed by atoms with E-state index in [0.29, 0.717) is 5.82 Å². The third-order valence-electron chi connectivity index (χ3n) is 12.4. The Morgan fingerprint density at radius 1 is 0.305 bits per heavy atom. The second-order valence-corrected chi connectivity index (χ2v) is 15.7. The smallest absolute Gasteiger partial charge is 0.160 e. The van der Waals surface area contributed by atoms with Crippen molar-refractivity contribution in [1.82, 2.24) is 9.97 Å². The van der Waals surface area contributed by atoms with Crippen LogP contribution >= 0.6 is 0 Å². The van der Waals surface area contributed by atoms with Crippen LogP contribution in [0.2, 0.25) is 0 Å². The van der Waals surface area contributed by atoms with Crippen molar-refractivity contribution in [3.8, 4) is 45.0 Å². The van der Waals surface area contributed by atoms with Crippen LogP contribution in [0.4, 0.5) is 0 Å². The molecule has 3 nitrogen and oxygen atoms in total. The van der Waals surface area contributed by atoms with Crippen molar-refractivity contribution in [3.05, 3.63) is 194 Å². The van der Waals surface area contributed by atoms with E-state index in [-0.39, 0.29) is 0 Å². The minimum absolute atomic E-state index is 0.687. The average molecular weight is 749 g/mol. The van der Waals surface area contributed by atoms with Crippen LogP contribution < -0.4 is 0 Å². The standard InChI is InChI=1S/C56H32N2O/c1-2-11-36(12-3-1)56-57-48(38-17-6-16-37(29-38)41-19-10-23-46-42-18-4-5-24-50(42)59-55(41)46)32-49(58-56)40-30-39-28-27-35-14-8-21-44-43-20-7-13-33-25-26-34-15-9-22-45(53(34)51(33)43)47(31-40)54(39)52(35)44/h1-32H. The zero-order valence-electron chi connectivity index (χ0n) is 31.8. The molecule has 2 heterocycles. The molecule has 0 radical (unpaired) electrons. The molecular weight excluding hydrogens is 717 g/mol. The van der Waals surface area contributed by atoms with Crippen molar-refractivity contribution in [3.63, 3.8) is 0 Å². The molecule has 11 aromatic carbocycles. The number of rotatable bonds is 4. The maximum absolute atomic E-state index is 6.47. The first-order valence-corrected chi connectivity index (χ1v) is 20.1. The van der Waals surface area contributed by atoms with Gasteiger partial charge in [-0.25, -0.2) is 9.97 Å². The molecule has 0 fully saturated rings. The lowest BCUT2D eigenvalue weighted by Crippen LogP contribution is -1.96. The molecule has 0 spiro atoms. The molecular formula is C56H32N2O. The van der Waals surface area contributed by atoms with Gasteiger partial charge in [-0.05, 0) is 101 Å². The van der Waals surface area contributed by atoms with Crippen molar-refractivity contribution in [2.45, 2.75) is 0 Å². The normalized spacial score (nSPS) is 12.1. The van der Waals surface area contributed by atoms with E-state index < -0.39 is 0 Å². The number of hydrogen-bond donors (Lipinski definition) is 0. The number of para-hydroxylation sites is 2. The minimum Gasteiger partial charge on any atom is -0.455 e. The van der Waals surface area contributed by atoms with Gasteiger partial charge in [-0.15, -0.1) is 0 Å². The van der Waals surface area contributed by atoms with Crippen molar-refractivity contribution in [1.29, 1.82) is 0 Å². The van der Waals surface area contributed by atoms with Crippen LogP contribution in [-0.4, -0.2) is 9.97 Å². The minimum atomic E-state index is 0.687. The Labute approximate surface area is 338 Å². The molecule has 3 heteroatoms. The van der Waals surface area contributed by atoms with Crippen molar-refractivity contribution < 1.29 is 4.42 Å². The zero-order valence-corrected chi connectivity index (χ0v) is 31.8. The lowest BCUT2D eigenvalue weighted by Gasteiger charge is -2.17. The van der Waals surface area contributed by atoms with E-state index in [9.17, 15) is 0 Å². The van der Waals surface area contributed by atoms with E-state index in [2.05, 4.69) is 164 Å². The van der Waals surface area contributed by atoms with Gasteiger partial charge >= 0.3 is 0 Å². The van der Waals surface area contributed by atoms with Crippen LogP contribution in [-0.2, 0) is 0 Å². The van der Waals surface area contributed by atoms with Gasteiger partial charge in [0.1, 0.15) is 11.2 Å². The Bertz CT molecular complexity index is 3840. The molecule has 0 N–H and O–H groups in total. The second-order valence-electron chi connectivity index (χ2n) is 15.7. The van der Waals surface area contributed by atoms with Gasteiger partial charge in [-0.2, -0.15) is 0 Å². The molecule has 59 heavy (non-hydrogen) atoms. The van der Waals surface area contributed by atoms with E-state index in [0.717, 1.165) is 61.1 Å². The van der Waals surface area contributed by atoms with E-state index in [1.807, 2.05) is 30.3 Å². The highest BCUT2D eigenvalue weighted by Crippen LogP contribution is 2.45. The fraction of sp³-hybridized carbons (Fsp3) is 0. The van der Waals surface area contributed by atoms with Gasteiger partial charge in [0.25, 0.3) is 0 Å². The number of benzene rings is 10. The van der Waals surface area contributed by atoms with Gasteiger partial charge in [0.2, 0.25) is 0 Å². The van der Waals surface area contributed by atoms with Gasteiger partial charge in [0.05, 0.1) is 11.4 Å². The SMILES string of the molecule is c1ccc(-c2nc(-c3cccc(-c4cccc5c4oc4ccccc45)c3)cc(-c3cc4ccc5cccc6c7cccc8ccc9cccc(c(c3)c4c56)c9c87)n2)cc1. The topological polar surface area (TPSA) is 38.9 Å². The highest BCUT2D eigenvalue weighted by Gasteiger charge is 2.19. The van der Waals surface area contributed by atoms with Gasteiger partial charge in [0.15, 0.2) is 5.82 Å². The van der Waals surface area contributed by atoms with Gasteiger partial charge in [-0.3, -0.25) is 0 Å². The summed E-state index contributed by atoms with van der Waals surface area (Å²) >= 11 is 0. The molecule has 0 aliphatic rings. The first-order valence-electron chi connectivity index (χ1n) is 20.1. The maximum Gasteiger partial charge on any atom is 0.160 e. The maximum atomic E-state index is 6.47. The number of hydrogen-bond acceptors (Lipinski definition) is 3. The molecule has 0 saturated heterocycles. The summed E-state index contributed by atoms with van der Waals surface area (Å²) in [6, 6.07) is 69.8. The molecule has 0 aliphatic carbocycles. The van der Waals surface area contributed by atoms with Crippen LogP contribution in [0.1, 0.15) is 0 Å². The van der Waals surface area contributed by atoms with Crippen LogP contribution in [0.15, 0.2) is 199 Å². The molecule has 0 atom stereocenters. The third kappa shape index (κ3) is 4.82. The van der Waals surface area contributed by atoms with Gasteiger partial charge in [-0.1, -0.05) is 164 Å². The van der Waals surface area contributed by atoms with Crippen LogP contribution in [0.3, 0.4) is 0 Å². The second kappa shape index (κ2) is 12.3. The summed E-state index contributed by atoms with van der Waals surface area (Å²) in [5.41, 5.74) is 8.66. The zero-order chi connectivity index (χ0) is 38.6. The van der Waals surface area contributed by atoms with Gasteiger partial charge in [0, 0.05) is 33.0 Å². The Kier molecular flexibility index (Phi) is 6.72. The molecule has 0 amide bonds. The molecule has 13 aromatic rings. The number of aromatic nitrogens is 2. The lowest BCUT2D eigenvalue weighted by molar-refractivity contribution is 0.670. The fourth-order valence-electron chi connectivity index (χ4n) is 9.71. The monoisotopic (exact) mass is 748 g/mol.